The summed E-state index contributed by atoms with van der Waals surface area (Å²) in [4.78, 5) is 14.9. The average molecular weight is 340 g/mol. The van der Waals surface area contributed by atoms with Gasteiger partial charge in [-0.1, -0.05) is 12.1 Å². The van der Waals surface area contributed by atoms with E-state index in [1.807, 2.05) is 6.07 Å². The number of hydrogen-bond acceptors (Lipinski definition) is 3. The van der Waals surface area contributed by atoms with Crippen molar-refractivity contribution in [1.82, 2.24) is 15.1 Å². The lowest BCUT2D eigenvalue weighted by Crippen LogP contribution is -2.56. The molecule has 0 bridgehead atoms. The summed E-state index contributed by atoms with van der Waals surface area (Å²) in [7, 11) is 0. The van der Waals surface area contributed by atoms with Gasteiger partial charge in [0.05, 0.1) is 11.6 Å². The number of urea groups is 1. The number of amides is 2. The van der Waals surface area contributed by atoms with Gasteiger partial charge < -0.3 is 10.2 Å². The molecule has 0 aliphatic carbocycles. The topological polar surface area (TPSA) is 59.4 Å². The van der Waals surface area contributed by atoms with Crippen molar-refractivity contribution in [2.45, 2.75) is 25.7 Å². The summed E-state index contributed by atoms with van der Waals surface area (Å²) in [6.45, 7) is 2.30. The first kappa shape index (κ1) is 18.1. The van der Waals surface area contributed by atoms with Gasteiger partial charge in [0.25, 0.3) is 0 Å². The molecule has 1 aromatic rings. The molecule has 1 aromatic carbocycles. The Balaban J connectivity index is 1.82. The molecule has 1 aliphatic heterocycles. The molecule has 0 saturated carbocycles. The molecule has 1 atom stereocenters. The molecule has 2 rings (SSSR count). The van der Waals surface area contributed by atoms with Crippen LogP contribution in [-0.2, 0) is 6.54 Å². The number of benzene rings is 1. The summed E-state index contributed by atoms with van der Waals surface area (Å²) in [5, 5.41) is 11.6. The van der Waals surface area contributed by atoms with Gasteiger partial charge in [0.15, 0.2) is 0 Å². The standard InChI is InChI=1S/C16H19F3N4O/c1-12(16(17,18)19)22-5-7-23(8-6-22)15(24)21-11-14-4-2-3-13(9-14)10-20/h2-4,9,12H,5-8,11H2,1H3,(H,21,24)/t12-/m1/s1. The van der Waals surface area contributed by atoms with Crippen LogP contribution in [0.4, 0.5) is 18.0 Å². The number of carbonyl (C=O) groups is 1. The molecule has 1 N–H and O–H groups in total. The lowest BCUT2D eigenvalue weighted by Gasteiger charge is -2.38. The second kappa shape index (κ2) is 7.53. The quantitative estimate of drug-likeness (QED) is 0.919. The van der Waals surface area contributed by atoms with Crippen LogP contribution >= 0.6 is 0 Å². The zero-order valence-corrected chi connectivity index (χ0v) is 13.3. The third kappa shape index (κ3) is 4.61. The molecule has 0 radical (unpaired) electrons. The number of nitriles is 1. The summed E-state index contributed by atoms with van der Waals surface area (Å²) in [5.74, 6) is 0. The lowest BCUT2D eigenvalue weighted by molar-refractivity contribution is -0.181. The van der Waals surface area contributed by atoms with E-state index in [0.29, 0.717) is 5.56 Å². The van der Waals surface area contributed by atoms with Crippen molar-refractivity contribution < 1.29 is 18.0 Å². The highest BCUT2D eigenvalue weighted by Crippen LogP contribution is 2.25. The van der Waals surface area contributed by atoms with Gasteiger partial charge in [0, 0.05) is 32.7 Å². The Morgan fingerprint density at radius 1 is 1.33 bits per heavy atom. The minimum Gasteiger partial charge on any atom is -0.334 e. The van der Waals surface area contributed by atoms with Crippen molar-refractivity contribution in [3.8, 4) is 6.07 Å². The zero-order chi connectivity index (χ0) is 17.7. The number of piperazine rings is 1. The van der Waals surface area contributed by atoms with Crippen molar-refractivity contribution in [3.63, 3.8) is 0 Å². The molecule has 0 unspecified atom stereocenters. The normalized spacial score (nSPS) is 17.2. The van der Waals surface area contributed by atoms with E-state index in [1.165, 1.54) is 9.80 Å². The van der Waals surface area contributed by atoms with Crippen LogP contribution in [0, 0.1) is 11.3 Å². The van der Waals surface area contributed by atoms with Crippen LogP contribution in [0.5, 0.6) is 0 Å². The van der Waals surface area contributed by atoms with E-state index < -0.39 is 12.2 Å². The number of alkyl halides is 3. The van der Waals surface area contributed by atoms with E-state index in [2.05, 4.69) is 5.32 Å². The molecule has 2 amide bonds. The molecule has 1 heterocycles. The van der Waals surface area contributed by atoms with Crippen LogP contribution in [-0.4, -0.2) is 54.2 Å². The number of nitrogens with one attached hydrogen (secondary N) is 1. The van der Waals surface area contributed by atoms with E-state index in [1.54, 1.807) is 24.3 Å². The Labute approximate surface area is 138 Å². The molecule has 1 saturated heterocycles. The maximum absolute atomic E-state index is 12.7. The van der Waals surface area contributed by atoms with Crippen LogP contribution in [0.15, 0.2) is 24.3 Å². The highest BCUT2D eigenvalue weighted by molar-refractivity contribution is 5.74. The van der Waals surface area contributed by atoms with E-state index >= 15 is 0 Å². The van der Waals surface area contributed by atoms with Crippen molar-refractivity contribution in [3.05, 3.63) is 35.4 Å². The third-order valence-electron chi connectivity index (χ3n) is 4.12. The van der Waals surface area contributed by atoms with Crippen molar-refractivity contribution >= 4 is 6.03 Å². The minimum atomic E-state index is -4.25. The van der Waals surface area contributed by atoms with Gasteiger partial charge in [-0.3, -0.25) is 4.90 Å². The number of rotatable bonds is 3. The fourth-order valence-electron chi connectivity index (χ4n) is 2.56. The number of nitrogens with zero attached hydrogens (tertiary/aromatic N) is 3. The Kier molecular flexibility index (Phi) is 5.67. The van der Waals surface area contributed by atoms with Gasteiger partial charge in [-0.15, -0.1) is 0 Å². The van der Waals surface area contributed by atoms with Crippen LogP contribution in [0.2, 0.25) is 0 Å². The van der Waals surface area contributed by atoms with Gasteiger partial charge in [0.2, 0.25) is 0 Å². The van der Waals surface area contributed by atoms with Gasteiger partial charge in [-0.25, -0.2) is 4.79 Å². The smallest absolute Gasteiger partial charge is 0.334 e. The molecule has 1 fully saturated rings. The Morgan fingerprint density at radius 2 is 2.00 bits per heavy atom. The maximum atomic E-state index is 12.7. The summed E-state index contributed by atoms with van der Waals surface area (Å²) < 4.78 is 38.1. The molecule has 130 valence electrons. The van der Waals surface area contributed by atoms with E-state index in [9.17, 15) is 18.0 Å². The van der Waals surface area contributed by atoms with Gasteiger partial charge >= 0.3 is 12.2 Å². The molecule has 24 heavy (non-hydrogen) atoms. The second-order valence-corrected chi connectivity index (χ2v) is 5.71. The van der Waals surface area contributed by atoms with Gasteiger partial charge in [-0.2, -0.15) is 18.4 Å². The molecular formula is C16H19F3N4O. The number of carbonyl (C=O) groups excluding carboxylic acids is 1. The second-order valence-electron chi connectivity index (χ2n) is 5.71. The predicted molar refractivity (Wildman–Crippen MR) is 82.1 cm³/mol. The predicted octanol–water partition coefficient (Wildman–Crippen LogP) is 2.34. The Morgan fingerprint density at radius 3 is 2.58 bits per heavy atom. The largest absolute Gasteiger partial charge is 0.403 e. The molecule has 8 heteroatoms. The van der Waals surface area contributed by atoms with E-state index in [0.717, 1.165) is 12.5 Å². The number of hydrogen-bond donors (Lipinski definition) is 1. The maximum Gasteiger partial charge on any atom is 0.403 e. The summed E-state index contributed by atoms with van der Waals surface area (Å²) in [6.07, 6.45) is -4.25. The van der Waals surface area contributed by atoms with Crippen LogP contribution < -0.4 is 5.32 Å². The first-order chi connectivity index (χ1) is 11.3. The minimum absolute atomic E-state index is 0.192. The molecule has 0 aromatic heterocycles. The molecule has 5 nitrogen and oxygen atoms in total. The highest BCUT2D eigenvalue weighted by Gasteiger charge is 2.41. The van der Waals surface area contributed by atoms with E-state index in [-0.39, 0.29) is 38.8 Å². The van der Waals surface area contributed by atoms with Crippen LogP contribution in [0.3, 0.4) is 0 Å². The molecule has 0 spiro atoms. The average Bonchev–Trinajstić information content (AvgIpc) is 2.58. The van der Waals surface area contributed by atoms with Crippen LogP contribution in [0.25, 0.3) is 0 Å². The SMILES string of the molecule is C[C@@H](N1CCN(C(=O)NCc2cccc(C#N)c2)CC1)C(F)(F)F. The summed E-state index contributed by atoms with van der Waals surface area (Å²) >= 11 is 0. The lowest BCUT2D eigenvalue weighted by atomic mass is 10.1. The summed E-state index contributed by atoms with van der Waals surface area (Å²) in [6, 6.07) is 7.10. The van der Waals surface area contributed by atoms with E-state index in [4.69, 9.17) is 5.26 Å². The zero-order valence-electron chi connectivity index (χ0n) is 13.3. The highest BCUT2D eigenvalue weighted by atomic mass is 19.4. The van der Waals surface area contributed by atoms with Gasteiger partial charge in [-0.05, 0) is 24.6 Å². The fraction of sp³-hybridized carbons (Fsp3) is 0.500. The van der Waals surface area contributed by atoms with Crippen molar-refractivity contribution in [2.24, 2.45) is 0 Å². The fourth-order valence-corrected chi connectivity index (χ4v) is 2.56. The Hall–Kier alpha value is -2.27. The molecule has 1 aliphatic rings. The third-order valence-corrected chi connectivity index (χ3v) is 4.12. The summed E-state index contributed by atoms with van der Waals surface area (Å²) in [5.41, 5.74) is 1.31. The first-order valence-electron chi connectivity index (χ1n) is 7.64. The molecular weight excluding hydrogens is 321 g/mol. The van der Waals surface area contributed by atoms with Crippen molar-refractivity contribution in [2.75, 3.05) is 26.2 Å². The first-order valence-corrected chi connectivity index (χ1v) is 7.64. The van der Waals surface area contributed by atoms with Crippen LogP contribution in [0.1, 0.15) is 18.1 Å². The Bertz CT molecular complexity index is 618. The number of halogens is 3. The van der Waals surface area contributed by atoms with Gasteiger partial charge in [0.1, 0.15) is 6.04 Å². The van der Waals surface area contributed by atoms with Crippen molar-refractivity contribution in [1.29, 1.82) is 5.26 Å². The monoisotopic (exact) mass is 340 g/mol.